The third-order valence-electron chi connectivity index (χ3n) is 8.61. The summed E-state index contributed by atoms with van der Waals surface area (Å²) in [6.45, 7) is 11.1. The number of halogens is 2. The summed E-state index contributed by atoms with van der Waals surface area (Å²) in [4.78, 5) is 46.1. The number of hydrogen-bond donors (Lipinski definition) is 1. The van der Waals surface area contributed by atoms with Crippen LogP contribution in [0.2, 0.25) is 10.0 Å². The number of ether oxygens (including phenoxy) is 1. The van der Waals surface area contributed by atoms with Crippen molar-refractivity contribution in [1.82, 2.24) is 9.80 Å². The van der Waals surface area contributed by atoms with Crippen molar-refractivity contribution in [3.8, 4) is 5.75 Å². The van der Waals surface area contributed by atoms with Gasteiger partial charge in [-0.15, -0.1) is 0 Å². The van der Waals surface area contributed by atoms with Crippen LogP contribution in [0.1, 0.15) is 65.8 Å². The number of anilines is 2. The smallest absolute Gasteiger partial charge is 0.262 e. The fourth-order valence-electron chi connectivity index (χ4n) is 6.08. The fraction of sp³-hybridized carbons (Fsp3) is 0.400. The average Bonchev–Trinajstić information content (AvgIpc) is 3.23. The monoisotopic (exact) mass is 652 g/mol. The average molecular weight is 654 g/mol. The molecule has 4 rings (SSSR count). The molecule has 1 aliphatic heterocycles. The van der Waals surface area contributed by atoms with Gasteiger partial charge in [0.2, 0.25) is 0 Å². The molecule has 3 aromatic carbocycles. The van der Waals surface area contributed by atoms with Crippen molar-refractivity contribution in [1.29, 1.82) is 0 Å². The number of hydrogen-bond acceptors (Lipinski definition) is 6. The first-order chi connectivity index (χ1) is 21.8. The number of carbonyl (C=O) groups is 3. The Labute approximate surface area is 276 Å². The normalized spacial score (nSPS) is 15.4. The van der Waals surface area contributed by atoms with Gasteiger partial charge in [0.15, 0.2) is 0 Å². The molecule has 0 bridgehead atoms. The van der Waals surface area contributed by atoms with Crippen LogP contribution < -0.4 is 15.0 Å². The summed E-state index contributed by atoms with van der Waals surface area (Å²) in [5.74, 6) is -0.409. The second-order valence-electron chi connectivity index (χ2n) is 11.0. The number of nitrogens with zero attached hydrogens (tertiary/aromatic N) is 3. The van der Waals surface area contributed by atoms with Gasteiger partial charge in [0.05, 0.1) is 29.3 Å². The first-order valence-electron chi connectivity index (χ1n) is 15.5. The van der Waals surface area contributed by atoms with Gasteiger partial charge in [0, 0.05) is 48.0 Å². The zero-order valence-electron chi connectivity index (χ0n) is 26.4. The van der Waals surface area contributed by atoms with Crippen molar-refractivity contribution in [3.05, 3.63) is 87.4 Å². The summed E-state index contributed by atoms with van der Waals surface area (Å²) in [7, 11) is 1.49. The Balaban J connectivity index is 1.63. The highest BCUT2D eigenvalue weighted by Crippen LogP contribution is 2.40. The Morgan fingerprint density at radius 2 is 1.76 bits per heavy atom. The standard InChI is InChI=1S/C35H42Cl2N4O4/c1-5-39(6-2)19-20-40(7-3)32(23-42)26-12-10-18-41(31-17-14-24(36)21-29(26)31)35(44)28-16-15-25(22-33(28)45-4)38-34(43)27-11-8-9-13-30(27)37/h8-9,11,13-17,21-23,26,32H,5-7,10,12,18-20H2,1-4H3,(H,38,43). The molecule has 10 heteroatoms. The van der Waals surface area contributed by atoms with Crippen LogP contribution in [-0.2, 0) is 4.79 Å². The Bertz CT molecular complexity index is 1500. The highest BCUT2D eigenvalue weighted by atomic mass is 35.5. The van der Waals surface area contributed by atoms with Gasteiger partial charge >= 0.3 is 0 Å². The number of fused-ring (bicyclic) bond motifs is 1. The zero-order valence-corrected chi connectivity index (χ0v) is 27.9. The third-order valence-corrected chi connectivity index (χ3v) is 9.17. The third kappa shape index (κ3) is 8.05. The Morgan fingerprint density at radius 3 is 2.42 bits per heavy atom. The van der Waals surface area contributed by atoms with Crippen LogP contribution in [-0.4, -0.2) is 80.3 Å². The van der Waals surface area contributed by atoms with E-state index in [9.17, 15) is 14.4 Å². The molecule has 2 amide bonds. The van der Waals surface area contributed by atoms with Crippen LogP contribution in [0, 0.1) is 0 Å². The predicted octanol–water partition coefficient (Wildman–Crippen LogP) is 7.01. The number of amides is 2. The summed E-state index contributed by atoms with van der Waals surface area (Å²) in [6.07, 6.45) is 2.48. The van der Waals surface area contributed by atoms with Gasteiger partial charge in [-0.1, -0.05) is 56.1 Å². The van der Waals surface area contributed by atoms with Crippen molar-refractivity contribution < 1.29 is 19.1 Å². The predicted molar refractivity (Wildman–Crippen MR) is 182 cm³/mol. The largest absolute Gasteiger partial charge is 0.496 e. The molecule has 8 nitrogen and oxygen atoms in total. The van der Waals surface area contributed by atoms with E-state index in [1.807, 2.05) is 12.1 Å². The van der Waals surface area contributed by atoms with Crippen LogP contribution in [0.5, 0.6) is 5.75 Å². The molecule has 45 heavy (non-hydrogen) atoms. The summed E-state index contributed by atoms with van der Waals surface area (Å²) in [6, 6.07) is 16.9. The van der Waals surface area contributed by atoms with Crippen LogP contribution >= 0.6 is 23.2 Å². The molecular weight excluding hydrogens is 611 g/mol. The number of methoxy groups -OCH3 is 1. The minimum Gasteiger partial charge on any atom is -0.496 e. The number of aldehydes is 1. The van der Waals surface area contributed by atoms with E-state index in [0.29, 0.717) is 45.6 Å². The van der Waals surface area contributed by atoms with Crippen molar-refractivity contribution >= 4 is 52.7 Å². The van der Waals surface area contributed by atoms with Crippen LogP contribution in [0.4, 0.5) is 11.4 Å². The number of carbonyl (C=O) groups excluding carboxylic acids is 3. The highest BCUT2D eigenvalue weighted by Gasteiger charge is 2.35. The van der Waals surface area contributed by atoms with E-state index in [1.165, 1.54) is 7.11 Å². The molecule has 2 unspecified atom stereocenters. The van der Waals surface area contributed by atoms with Gasteiger partial charge in [-0.25, -0.2) is 0 Å². The molecule has 1 aliphatic rings. The minimum absolute atomic E-state index is 0.130. The van der Waals surface area contributed by atoms with E-state index in [2.05, 4.69) is 35.9 Å². The van der Waals surface area contributed by atoms with E-state index in [1.54, 1.807) is 53.4 Å². The van der Waals surface area contributed by atoms with Gasteiger partial charge in [0.1, 0.15) is 12.0 Å². The topological polar surface area (TPSA) is 82.2 Å². The molecule has 1 N–H and O–H groups in total. The van der Waals surface area contributed by atoms with E-state index < -0.39 is 0 Å². The molecule has 1 heterocycles. The van der Waals surface area contributed by atoms with Crippen molar-refractivity contribution in [2.24, 2.45) is 0 Å². The van der Waals surface area contributed by atoms with Gasteiger partial charge in [-0.05, 0) is 80.5 Å². The maximum absolute atomic E-state index is 14.2. The quantitative estimate of drug-likeness (QED) is 0.200. The maximum atomic E-state index is 14.2. The summed E-state index contributed by atoms with van der Waals surface area (Å²) < 4.78 is 5.63. The highest BCUT2D eigenvalue weighted by molar-refractivity contribution is 6.34. The Hall–Kier alpha value is -3.43. The molecule has 0 radical (unpaired) electrons. The van der Waals surface area contributed by atoms with Crippen LogP contribution in [0.15, 0.2) is 60.7 Å². The molecule has 0 saturated heterocycles. The summed E-state index contributed by atoms with van der Waals surface area (Å²) in [5.41, 5.74) is 2.78. The number of nitrogens with one attached hydrogen (secondary N) is 1. The minimum atomic E-state index is -0.367. The van der Waals surface area contributed by atoms with Crippen LogP contribution in [0.25, 0.3) is 0 Å². The molecule has 0 aliphatic carbocycles. The maximum Gasteiger partial charge on any atom is 0.262 e. The fourth-order valence-corrected chi connectivity index (χ4v) is 6.48. The van der Waals surface area contributed by atoms with Gasteiger partial charge in [0.25, 0.3) is 11.8 Å². The lowest BCUT2D eigenvalue weighted by Gasteiger charge is -2.35. The van der Waals surface area contributed by atoms with Crippen molar-refractivity contribution in [2.45, 2.75) is 45.6 Å². The van der Waals surface area contributed by atoms with Gasteiger partial charge < -0.3 is 24.6 Å². The second-order valence-corrected chi connectivity index (χ2v) is 11.9. The van der Waals surface area contributed by atoms with E-state index >= 15 is 0 Å². The van der Waals surface area contributed by atoms with Crippen molar-refractivity contribution in [3.63, 3.8) is 0 Å². The lowest BCUT2D eigenvalue weighted by Crippen LogP contribution is -2.45. The van der Waals surface area contributed by atoms with E-state index in [-0.39, 0.29) is 23.8 Å². The summed E-state index contributed by atoms with van der Waals surface area (Å²) >= 11 is 12.7. The molecule has 2 atom stereocenters. The zero-order chi connectivity index (χ0) is 32.5. The van der Waals surface area contributed by atoms with Crippen LogP contribution in [0.3, 0.4) is 0 Å². The first kappa shape index (κ1) is 34.4. The molecule has 0 fully saturated rings. The van der Waals surface area contributed by atoms with Crippen molar-refractivity contribution in [2.75, 3.05) is 56.6 Å². The molecule has 0 saturated carbocycles. The van der Waals surface area contributed by atoms with Gasteiger partial charge in [-0.2, -0.15) is 0 Å². The first-order valence-corrected chi connectivity index (χ1v) is 16.3. The molecule has 0 spiro atoms. The lowest BCUT2D eigenvalue weighted by molar-refractivity contribution is -0.113. The summed E-state index contributed by atoms with van der Waals surface area (Å²) in [5, 5.41) is 3.73. The molecule has 240 valence electrons. The number of rotatable bonds is 13. The number of likely N-dealkylation sites (N-methyl/N-ethyl adjacent to an activating group) is 2. The molecular formula is C35H42Cl2N4O4. The lowest BCUT2D eigenvalue weighted by atomic mass is 9.86. The SMILES string of the molecule is CCN(CC)CCN(CC)C(C=O)C1CCCN(C(=O)c2ccc(NC(=O)c3ccccc3Cl)cc2OC)c2ccc(Cl)cc21. The van der Waals surface area contributed by atoms with E-state index in [4.69, 9.17) is 27.9 Å². The molecule has 0 aromatic heterocycles. The Morgan fingerprint density at radius 1 is 1.00 bits per heavy atom. The number of benzene rings is 3. The van der Waals surface area contributed by atoms with E-state index in [0.717, 1.165) is 56.7 Å². The van der Waals surface area contributed by atoms with Gasteiger partial charge in [-0.3, -0.25) is 14.5 Å². The molecule has 3 aromatic rings. The Kier molecular flexibility index (Phi) is 12.4. The second kappa shape index (κ2) is 16.2.